The molecule has 0 spiro atoms. The molecule has 0 aliphatic heterocycles. The third-order valence-electron chi connectivity index (χ3n) is 4.22. The molecule has 0 bridgehead atoms. The van der Waals surface area contributed by atoms with Crippen molar-refractivity contribution in [1.29, 1.82) is 0 Å². The predicted molar refractivity (Wildman–Crippen MR) is 120 cm³/mol. The highest BCUT2D eigenvalue weighted by Crippen LogP contribution is 2.22. The Labute approximate surface area is 186 Å². The number of benzene rings is 2. The van der Waals surface area contributed by atoms with Gasteiger partial charge >= 0.3 is 6.01 Å². The minimum absolute atomic E-state index is 0.00816. The van der Waals surface area contributed by atoms with E-state index in [1.165, 1.54) is 4.57 Å². The van der Waals surface area contributed by atoms with Crippen LogP contribution < -0.4 is 10.9 Å². The summed E-state index contributed by atoms with van der Waals surface area (Å²) in [5.74, 6) is -0.0890. The molecule has 8 nitrogen and oxygen atoms in total. The molecule has 0 saturated heterocycles. The summed E-state index contributed by atoms with van der Waals surface area (Å²) >= 11 is 7.14. The Morgan fingerprint density at radius 2 is 2.03 bits per heavy atom. The largest absolute Gasteiger partial charge is 0.403 e. The number of nitrogens with zero attached hydrogens (tertiary/aromatic N) is 4. The molecule has 0 atom stereocenters. The first-order chi connectivity index (χ1) is 15.0. The molecule has 4 aromatic rings. The number of rotatable bonds is 7. The van der Waals surface area contributed by atoms with Gasteiger partial charge in [-0.15, -0.1) is 11.7 Å². The molecule has 0 aliphatic rings. The summed E-state index contributed by atoms with van der Waals surface area (Å²) in [5.41, 5.74) is 0.983. The van der Waals surface area contributed by atoms with E-state index in [0.717, 1.165) is 17.3 Å². The molecule has 0 radical (unpaired) electrons. The van der Waals surface area contributed by atoms with Crippen molar-refractivity contribution in [1.82, 2.24) is 19.7 Å². The van der Waals surface area contributed by atoms with Gasteiger partial charge in [0.15, 0.2) is 5.16 Å². The molecule has 2 aromatic carbocycles. The van der Waals surface area contributed by atoms with Crippen molar-refractivity contribution in [3.8, 4) is 11.5 Å². The number of amides is 1. The molecule has 0 aliphatic carbocycles. The van der Waals surface area contributed by atoms with Crippen LogP contribution in [0.5, 0.6) is 0 Å². The van der Waals surface area contributed by atoms with Crippen molar-refractivity contribution in [2.24, 2.45) is 0 Å². The second-order valence-electron chi connectivity index (χ2n) is 6.38. The molecule has 0 saturated carbocycles. The zero-order valence-corrected chi connectivity index (χ0v) is 17.7. The summed E-state index contributed by atoms with van der Waals surface area (Å²) in [6, 6.07) is 14.1. The van der Waals surface area contributed by atoms with E-state index in [1.54, 1.807) is 24.3 Å². The molecule has 2 heterocycles. The Morgan fingerprint density at radius 3 is 2.81 bits per heavy atom. The van der Waals surface area contributed by atoms with Crippen molar-refractivity contribution in [2.45, 2.75) is 11.7 Å². The lowest BCUT2D eigenvalue weighted by atomic mass is 10.2. The van der Waals surface area contributed by atoms with Gasteiger partial charge in [0.25, 0.3) is 5.56 Å². The number of thioether (sulfide) groups is 1. The summed E-state index contributed by atoms with van der Waals surface area (Å²) in [7, 11) is 0. The summed E-state index contributed by atoms with van der Waals surface area (Å²) < 4.78 is 6.94. The average molecular weight is 454 g/mol. The molecule has 4 rings (SSSR count). The third kappa shape index (κ3) is 4.68. The number of carbonyl (C=O) groups excluding carboxylic acids is 1. The van der Waals surface area contributed by atoms with E-state index in [2.05, 4.69) is 27.1 Å². The second-order valence-corrected chi connectivity index (χ2v) is 7.75. The SMILES string of the molecule is C=CCn1c(SCC(=O)Nc2nnc(-c3ccccc3)o2)nc2cc(Cl)ccc2c1=O. The first kappa shape index (κ1) is 20.8. The van der Waals surface area contributed by atoms with Crippen LogP contribution in [0.15, 0.2) is 75.6 Å². The maximum absolute atomic E-state index is 12.8. The summed E-state index contributed by atoms with van der Waals surface area (Å²) in [5, 5.41) is 11.6. The van der Waals surface area contributed by atoms with E-state index < -0.39 is 0 Å². The highest BCUT2D eigenvalue weighted by atomic mass is 35.5. The highest BCUT2D eigenvalue weighted by molar-refractivity contribution is 7.99. The Balaban J connectivity index is 1.50. The van der Waals surface area contributed by atoms with Crippen molar-refractivity contribution in [3.05, 3.63) is 76.6 Å². The molecule has 0 unspecified atom stereocenters. The normalized spacial score (nSPS) is 10.9. The van der Waals surface area contributed by atoms with Gasteiger partial charge in [-0.3, -0.25) is 19.5 Å². The van der Waals surface area contributed by atoms with Crippen LogP contribution in [0.1, 0.15) is 0 Å². The third-order valence-corrected chi connectivity index (χ3v) is 5.43. The zero-order valence-electron chi connectivity index (χ0n) is 16.1. The van der Waals surface area contributed by atoms with Crippen molar-refractivity contribution < 1.29 is 9.21 Å². The van der Waals surface area contributed by atoms with Gasteiger partial charge < -0.3 is 4.42 Å². The zero-order chi connectivity index (χ0) is 21.8. The number of allylic oxidation sites excluding steroid dienone is 1. The Bertz CT molecular complexity index is 1320. The fourth-order valence-electron chi connectivity index (χ4n) is 2.83. The van der Waals surface area contributed by atoms with Crippen LogP contribution in [0.2, 0.25) is 5.02 Å². The number of hydrogen-bond acceptors (Lipinski definition) is 7. The summed E-state index contributed by atoms with van der Waals surface area (Å²) in [6.45, 7) is 3.95. The quantitative estimate of drug-likeness (QED) is 0.256. The first-order valence-corrected chi connectivity index (χ1v) is 10.5. The van der Waals surface area contributed by atoms with Crippen LogP contribution in [0, 0.1) is 0 Å². The molecule has 1 amide bonds. The molecular weight excluding hydrogens is 438 g/mol. The van der Waals surface area contributed by atoms with E-state index in [0.29, 0.717) is 27.0 Å². The maximum atomic E-state index is 12.8. The first-order valence-electron chi connectivity index (χ1n) is 9.17. The Kier molecular flexibility index (Phi) is 6.15. The van der Waals surface area contributed by atoms with Gasteiger partial charge in [-0.25, -0.2) is 4.98 Å². The maximum Gasteiger partial charge on any atom is 0.322 e. The lowest BCUT2D eigenvalue weighted by molar-refractivity contribution is -0.113. The lowest BCUT2D eigenvalue weighted by Crippen LogP contribution is -2.23. The van der Waals surface area contributed by atoms with Crippen molar-refractivity contribution in [3.63, 3.8) is 0 Å². The fourth-order valence-corrected chi connectivity index (χ4v) is 3.81. The number of carbonyl (C=O) groups is 1. The van der Waals surface area contributed by atoms with Crippen LogP contribution in [-0.2, 0) is 11.3 Å². The summed E-state index contributed by atoms with van der Waals surface area (Å²) in [6.07, 6.45) is 1.60. The van der Waals surface area contributed by atoms with Crippen LogP contribution in [0.3, 0.4) is 0 Å². The minimum Gasteiger partial charge on any atom is -0.403 e. The van der Waals surface area contributed by atoms with Gasteiger partial charge in [0.1, 0.15) is 0 Å². The fraction of sp³-hybridized carbons (Fsp3) is 0.0952. The van der Waals surface area contributed by atoms with Gasteiger partial charge in [0, 0.05) is 17.1 Å². The number of halogens is 1. The van der Waals surface area contributed by atoms with Gasteiger partial charge in [-0.1, -0.05) is 52.7 Å². The predicted octanol–water partition coefficient (Wildman–Crippen LogP) is 4.02. The molecule has 0 fully saturated rings. The molecule has 156 valence electrons. The van der Waals surface area contributed by atoms with Gasteiger partial charge in [-0.2, -0.15) is 0 Å². The smallest absolute Gasteiger partial charge is 0.322 e. The van der Waals surface area contributed by atoms with E-state index in [-0.39, 0.29) is 29.8 Å². The Hall–Kier alpha value is -3.43. The number of hydrogen-bond donors (Lipinski definition) is 1. The monoisotopic (exact) mass is 453 g/mol. The van der Waals surface area contributed by atoms with Crippen LogP contribution in [0.4, 0.5) is 6.01 Å². The second kappa shape index (κ2) is 9.15. The van der Waals surface area contributed by atoms with E-state index >= 15 is 0 Å². The van der Waals surface area contributed by atoms with Gasteiger partial charge in [0.05, 0.1) is 16.7 Å². The average Bonchev–Trinajstić information content (AvgIpc) is 3.23. The van der Waals surface area contributed by atoms with Gasteiger partial charge in [0.2, 0.25) is 11.8 Å². The molecule has 31 heavy (non-hydrogen) atoms. The number of aromatic nitrogens is 4. The van der Waals surface area contributed by atoms with Crippen molar-refractivity contribution >= 4 is 46.2 Å². The van der Waals surface area contributed by atoms with E-state index in [4.69, 9.17) is 16.0 Å². The molecular formula is C21H16ClN5O3S. The Morgan fingerprint density at radius 1 is 1.23 bits per heavy atom. The molecule has 2 aromatic heterocycles. The molecule has 10 heteroatoms. The standard InChI is InChI=1S/C21H16ClN5O3S/c1-2-10-27-19(29)15-9-8-14(22)11-16(15)23-21(27)31-12-17(28)24-20-26-25-18(30-20)13-6-4-3-5-7-13/h2-9,11H,1,10,12H2,(H,24,26,28). The number of anilines is 1. The number of fused-ring (bicyclic) bond motifs is 1. The van der Waals surface area contributed by atoms with Crippen LogP contribution in [-0.4, -0.2) is 31.4 Å². The van der Waals surface area contributed by atoms with Crippen LogP contribution >= 0.6 is 23.4 Å². The summed E-state index contributed by atoms with van der Waals surface area (Å²) in [4.78, 5) is 29.7. The van der Waals surface area contributed by atoms with Gasteiger partial charge in [-0.05, 0) is 30.3 Å². The lowest BCUT2D eigenvalue weighted by Gasteiger charge is -2.11. The van der Waals surface area contributed by atoms with Crippen molar-refractivity contribution in [2.75, 3.05) is 11.1 Å². The van der Waals surface area contributed by atoms with E-state index in [9.17, 15) is 9.59 Å². The molecule has 1 N–H and O–H groups in total. The highest BCUT2D eigenvalue weighted by Gasteiger charge is 2.15. The van der Waals surface area contributed by atoms with E-state index in [1.807, 2.05) is 30.3 Å². The van der Waals surface area contributed by atoms with Crippen LogP contribution in [0.25, 0.3) is 22.4 Å². The number of nitrogens with one attached hydrogen (secondary N) is 1. The topological polar surface area (TPSA) is 103 Å². The minimum atomic E-state index is -0.376.